The van der Waals surface area contributed by atoms with Gasteiger partial charge in [0.05, 0.1) is 19.8 Å². The number of aromatic nitrogens is 1. The van der Waals surface area contributed by atoms with Crippen molar-refractivity contribution < 1.29 is 19.0 Å². The zero-order valence-corrected chi connectivity index (χ0v) is 11.9. The van der Waals surface area contributed by atoms with Crippen LogP contribution in [-0.4, -0.2) is 54.5 Å². The Morgan fingerprint density at radius 1 is 1.19 bits per heavy atom. The highest BCUT2D eigenvalue weighted by Gasteiger charge is 2.30. The van der Waals surface area contributed by atoms with Crippen LogP contribution in [0.25, 0.3) is 0 Å². The fourth-order valence-corrected chi connectivity index (χ4v) is 2.61. The Morgan fingerprint density at radius 2 is 1.95 bits per heavy atom. The highest BCUT2D eigenvalue weighted by molar-refractivity contribution is 5.68. The predicted molar refractivity (Wildman–Crippen MR) is 75.2 cm³/mol. The molecule has 0 spiro atoms. The van der Waals surface area contributed by atoms with Gasteiger partial charge in [0.2, 0.25) is 0 Å². The molecule has 2 fully saturated rings. The summed E-state index contributed by atoms with van der Waals surface area (Å²) in [5.74, 6) is 0.787. The van der Waals surface area contributed by atoms with E-state index in [1.807, 2.05) is 12.1 Å². The van der Waals surface area contributed by atoms with Gasteiger partial charge >= 0.3 is 6.09 Å². The van der Waals surface area contributed by atoms with Gasteiger partial charge in [-0.3, -0.25) is 4.98 Å². The molecule has 0 aliphatic carbocycles. The average Bonchev–Trinajstić information content (AvgIpc) is 2.98. The second kappa shape index (κ2) is 6.76. The summed E-state index contributed by atoms with van der Waals surface area (Å²) in [5.41, 5.74) is 0. The number of hydrogen-bond acceptors (Lipinski definition) is 5. The van der Waals surface area contributed by atoms with E-state index in [0.717, 1.165) is 25.0 Å². The maximum absolute atomic E-state index is 12.1. The van der Waals surface area contributed by atoms with Gasteiger partial charge in [-0.1, -0.05) is 0 Å². The van der Waals surface area contributed by atoms with Crippen molar-refractivity contribution in [3.05, 3.63) is 24.5 Å². The summed E-state index contributed by atoms with van der Waals surface area (Å²) in [6.45, 7) is 2.60. The molecule has 0 aromatic carbocycles. The van der Waals surface area contributed by atoms with Gasteiger partial charge in [-0.25, -0.2) is 4.79 Å². The first-order chi connectivity index (χ1) is 10.3. The lowest BCUT2D eigenvalue weighted by Crippen LogP contribution is -2.35. The van der Waals surface area contributed by atoms with Gasteiger partial charge in [0, 0.05) is 38.2 Å². The molecule has 3 heterocycles. The molecule has 6 heteroatoms. The van der Waals surface area contributed by atoms with Gasteiger partial charge in [0.15, 0.2) is 0 Å². The van der Waals surface area contributed by atoms with Crippen LogP contribution < -0.4 is 4.74 Å². The van der Waals surface area contributed by atoms with Crippen LogP contribution in [0.3, 0.4) is 0 Å². The topological polar surface area (TPSA) is 60.9 Å². The van der Waals surface area contributed by atoms with Crippen LogP contribution in [-0.2, 0) is 9.47 Å². The van der Waals surface area contributed by atoms with E-state index in [2.05, 4.69) is 4.98 Å². The number of carbonyl (C=O) groups excluding carboxylic acids is 1. The number of nitrogens with zero attached hydrogens (tertiary/aromatic N) is 2. The molecule has 6 nitrogen and oxygen atoms in total. The van der Waals surface area contributed by atoms with Crippen LogP contribution >= 0.6 is 0 Å². The Balaban J connectivity index is 1.46. The third-order valence-corrected chi connectivity index (χ3v) is 3.79. The van der Waals surface area contributed by atoms with Crippen molar-refractivity contribution in [2.75, 3.05) is 26.3 Å². The molecule has 1 atom stereocenters. The van der Waals surface area contributed by atoms with E-state index in [-0.39, 0.29) is 18.3 Å². The summed E-state index contributed by atoms with van der Waals surface area (Å²) in [6, 6.07) is 3.64. The van der Waals surface area contributed by atoms with E-state index in [9.17, 15) is 4.79 Å². The van der Waals surface area contributed by atoms with Gasteiger partial charge < -0.3 is 19.1 Å². The van der Waals surface area contributed by atoms with Crippen molar-refractivity contribution in [3.63, 3.8) is 0 Å². The molecule has 1 amide bonds. The summed E-state index contributed by atoms with van der Waals surface area (Å²) in [4.78, 5) is 17.8. The smallest absolute Gasteiger partial charge is 0.410 e. The van der Waals surface area contributed by atoms with Crippen LogP contribution in [0.2, 0.25) is 0 Å². The zero-order valence-electron chi connectivity index (χ0n) is 11.9. The molecule has 0 bridgehead atoms. The van der Waals surface area contributed by atoms with E-state index in [0.29, 0.717) is 26.3 Å². The summed E-state index contributed by atoms with van der Waals surface area (Å²) in [6.07, 6.45) is 5.57. The largest absolute Gasteiger partial charge is 0.488 e. The van der Waals surface area contributed by atoms with E-state index in [1.165, 1.54) is 0 Å². The molecule has 114 valence electrons. The number of amides is 1. The minimum absolute atomic E-state index is 0.00795. The van der Waals surface area contributed by atoms with E-state index in [1.54, 1.807) is 17.3 Å². The molecule has 21 heavy (non-hydrogen) atoms. The molecule has 0 N–H and O–H groups in total. The first kappa shape index (κ1) is 14.1. The van der Waals surface area contributed by atoms with Gasteiger partial charge in [-0.2, -0.15) is 0 Å². The Morgan fingerprint density at radius 3 is 2.71 bits per heavy atom. The fourth-order valence-electron chi connectivity index (χ4n) is 2.61. The zero-order chi connectivity index (χ0) is 14.5. The molecule has 0 saturated carbocycles. The van der Waals surface area contributed by atoms with Crippen LogP contribution in [0, 0.1) is 0 Å². The second-order valence-corrected chi connectivity index (χ2v) is 5.35. The Kier molecular flexibility index (Phi) is 4.55. The van der Waals surface area contributed by atoms with Crippen molar-refractivity contribution >= 4 is 6.09 Å². The highest BCUT2D eigenvalue weighted by atomic mass is 16.6. The Hall–Kier alpha value is -1.82. The van der Waals surface area contributed by atoms with Gasteiger partial charge in [0.1, 0.15) is 18.0 Å². The number of ether oxygens (including phenoxy) is 3. The minimum Gasteiger partial charge on any atom is -0.488 e. The third kappa shape index (κ3) is 3.85. The van der Waals surface area contributed by atoms with Crippen molar-refractivity contribution in [1.82, 2.24) is 9.88 Å². The highest BCUT2D eigenvalue weighted by Crippen LogP contribution is 2.19. The number of rotatable bonds is 3. The second-order valence-electron chi connectivity index (χ2n) is 5.35. The molecule has 2 aliphatic heterocycles. The number of pyridine rings is 1. The van der Waals surface area contributed by atoms with Crippen molar-refractivity contribution in [1.29, 1.82) is 0 Å². The molecule has 1 aromatic heterocycles. The van der Waals surface area contributed by atoms with Crippen molar-refractivity contribution in [2.24, 2.45) is 0 Å². The lowest BCUT2D eigenvalue weighted by Gasteiger charge is -2.25. The standard InChI is InChI=1S/C15H20N2O4/c18-15(21-13-4-9-19-10-5-13)17-8-3-14(11-17)20-12-1-6-16-7-2-12/h1-2,6-7,13-14H,3-5,8-11H2. The maximum Gasteiger partial charge on any atom is 0.410 e. The molecule has 3 rings (SSSR count). The van der Waals surface area contributed by atoms with E-state index in [4.69, 9.17) is 14.2 Å². The predicted octanol–water partition coefficient (Wildman–Crippen LogP) is 1.85. The van der Waals surface area contributed by atoms with Gasteiger partial charge in [-0.15, -0.1) is 0 Å². The minimum atomic E-state index is -0.234. The fraction of sp³-hybridized carbons (Fsp3) is 0.600. The van der Waals surface area contributed by atoms with Gasteiger partial charge in [-0.05, 0) is 12.1 Å². The number of likely N-dealkylation sites (tertiary alicyclic amines) is 1. The van der Waals surface area contributed by atoms with Gasteiger partial charge in [0.25, 0.3) is 0 Å². The third-order valence-electron chi connectivity index (χ3n) is 3.79. The molecule has 1 aromatic rings. The monoisotopic (exact) mass is 292 g/mol. The SMILES string of the molecule is O=C(OC1CCOCC1)N1CCC(Oc2ccncc2)C1. The van der Waals surface area contributed by atoms with E-state index < -0.39 is 0 Å². The summed E-state index contributed by atoms with van der Waals surface area (Å²) in [7, 11) is 0. The molecule has 2 saturated heterocycles. The van der Waals surface area contributed by atoms with E-state index >= 15 is 0 Å². The van der Waals surface area contributed by atoms with Crippen molar-refractivity contribution in [2.45, 2.75) is 31.5 Å². The quantitative estimate of drug-likeness (QED) is 0.851. The lowest BCUT2D eigenvalue weighted by atomic mass is 10.2. The number of carbonyl (C=O) groups is 1. The molecule has 1 unspecified atom stereocenters. The Bertz CT molecular complexity index is 462. The molecule has 0 radical (unpaired) electrons. The first-order valence-corrected chi connectivity index (χ1v) is 7.41. The molecular formula is C15H20N2O4. The molecular weight excluding hydrogens is 272 g/mol. The summed E-state index contributed by atoms with van der Waals surface area (Å²) >= 11 is 0. The lowest BCUT2D eigenvalue weighted by molar-refractivity contribution is -0.00896. The van der Waals surface area contributed by atoms with Crippen molar-refractivity contribution in [3.8, 4) is 5.75 Å². The summed E-state index contributed by atoms with van der Waals surface area (Å²) < 4.78 is 16.6. The maximum atomic E-state index is 12.1. The van der Waals surface area contributed by atoms with Crippen LogP contribution in [0.1, 0.15) is 19.3 Å². The molecule has 2 aliphatic rings. The first-order valence-electron chi connectivity index (χ1n) is 7.41. The van der Waals surface area contributed by atoms with Crippen LogP contribution in [0.4, 0.5) is 4.79 Å². The number of hydrogen-bond donors (Lipinski definition) is 0. The Labute approximate surface area is 124 Å². The normalized spacial score (nSPS) is 23.0. The van der Waals surface area contributed by atoms with Crippen LogP contribution in [0.5, 0.6) is 5.75 Å². The average molecular weight is 292 g/mol. The van der Waals surface area contributed by atoms with Crippen LogP contribution in [0.15, 0.2) is 24.5 Å². The summed E-state index contributed by atoms with van der Waals surface area (Å²) in [5, 5.41) is 0.